The van der Waals surface area contributed by atoms with Crippen LogP contribution in [-0.2, 0) is 0 Å². The van der Waals surface area contributed by atoms with E-state index < -0.39 is 4.92 Å². The average Bonchev–Trinajstić information content (AvgIpc) is 2.63. The molecular weight excluding hydrogens is 320 g/mol. The summed E-state index contributed by atoms with van der Waals surface area (Å²) in [6.45, 7) is 0. The molecule has 0 saturated carbocycles. The Balaban J connectivity index is 1.65. The minimum atomic E-state index is -0.468. The van der Waals surface area contributed by atoms with Crippen LogP contribution in [0.2, 0.25) is 0 Å². The number of hydrogen-bond acceptors (Lipinski definition) is 4. The summed E-state index contributed by atoms with van der Waals surface area (Å²) in [6, 6.07) is 21.6. The SMILES string of the molecule is O=C(Nc1ccccc1)c1ccc(Oc2ccc([N+](=O)[O-])cc2)cc1. The summed E-state index contributed by atoms with van der Waals surface area (Å²) in [6.07, 6.45) is 0. The summed E-state index contributed by atoms with van der Waals surface area (Å²) in [5.41, 5.74) is 1.22. The van der Waals surface area contributed by atoms with Crippen LogP contribution >= 0.6 is 0 Å². The molecule has 0 heterocycles. The van der Waals surface area contributed by atoms with Gasteiger partial charge in [0.05, 0.1) is 4.92 Å². The number of amides is 1. The van der Waals surface area contributed by atoms with E-state index in [1.165, 1.54) is 24.3 Å². The number of benzene rings is 3. The molecule has 1 N–H and O–H groups in total. The molecule has 6 heteroatoms. The standard InChI is InChI=1S/C19H14N2O4/c22-19(20-15-4-2-1-3-5-15)14-6-10-17(11-7-14)25-18-12-8-16(9-13-18)21(23)24/h1-13H,(H,20,22). The topological polar surface area (TPSA) is 81.5 Å². The highest BCUT2D eigenvalue weighted by Gasteiger charge is 2.08. The Kier molecular flexibility index (Phi) is 4.71. The maximum atomic E-state index is 12.2. The maximum absolute atomic E-state index is 12.2. The Morgan fingerprint density at radius 2 is 1.40 bits per heavy atom. The van der Waals surface area contributed by atoms with E-state index in [0.29, 0.717) is 17.1 Å². The lowest BCUT2D eigenvalue weighted by atomic mass is 10.2. The number of nitrogens with zero attached hydrogens (tertiary/aromatic N) is 1. The number of para-hydroxylation sites is 1. The molecule has 0 fully saturated rings. The molecular formula is C19H14N2O4. The number of non-ortho nitro benzene ring substituents is 1. The minimum absolute atomic E-state index is 0.000260. The van der Waals surface area contributed by atoms with E-state index in [1.54, 1.807) is 24.3 Å². The van der Waals surface area contributed by atoms with Crippen LogP contribution in [0.3, 0.4) is 0 Å². The van der Waals surface area contributed by atoms with Crippen molar-refractivity contribution < 1.29 is 14.5 Å². The van der Waals surface area contributed by atoms with Crippen molar-refractivity contribution in [3.05, 3.63) is 94.5 Å². The maximum Gasteiger partial charge on any atom is 0.269 e. The molecule has 3 rings (SSSR count). The van der Waals surface area contributed by atoms with E-state index in [9.17, 15) is 14.9 Å². The molecule has 0 aliphatic rings. The van der Waals surface area contributed by atoms with Crippen molar-refractivity contribution in [3.8, 4) is 11.5 Å². The molecule has 0 aromatic heterocycles. The molecule has 0 aliphatic heterocycles. The zero-order chi connectivity index (χ0) is 17.6. The minimum Gasteiger partial charge on any atom is -0.457 e. The van der Waals surface area contributed by atoms with E-state index in [4.69, 9.17) is 4.74 Å². The normalized spacial score (nSPS) is 10.1. The van der Waals surface area contributed by atoms with Crippen molar-refractivity contribution in [3.63, 3.8) is 0 Å². The summed E-state index contributed by atoms with van der Waals surface area (Å²) >= 11 is 0. The third-order valence-electron chi connectivity index (χ3n) is 3.43. The number of nitro groups is 1. The second-order valence-corrected chi connectivity index (χ2v) is 5.20. The van der Waals surface area contributed by atoms with Gasteiger partial charge in [-0.05, 0) is 48.5 Å². The first-order valence-electron chi connectivity index (χ1n) is 7.50. The van der Waals surface area contributed by atoms with Gasteiger partial charge in [0.1, 0.15) is 11.5 Å². The monoisotopic (exact) mass is 334 g/mol. The fourth-order valence-corrected chi connectivity index (χ4v) is 2.17. The lowest BCUT2D eigenvalue weighted by Crippen LogP contribution is -2.11. The van der Waals surface area contributed by atoms with Crippen molar-refractivity contribution in [1.82, 2.24) is 0 Å². The van der Waals surface area contributed by atoms with Gasteiger partial charge in [0, 0.05) is 23.4 Å². The van der Waals surface area contributed by atoms with Crippen LogP contribution in [0.1, 0.15) is 10.4 Å². The van der Waals surface area contributed by atoms with E-state index in [2.05, 4.69) is 5.32 Å². The van der Waals surface area contributed by atoms with Gasteiger partial charge in [0.15, 0.2) is 0 Å². The molecule has 0 bridgehead atoms. The van der Waals surface area contributed by atoms with Crippen LogP contribution in [-0.4, -0.2) is 10.8 Å². The first-order chi connectivity index (χ1) is 12.1. The van der Waals surface area contributed by atoms with Crippen LogP contribution in [0.5, 0.6) is 11.5 Å². The van der Waals surface area contributed by atoms with Gasteiger partial charge in [-0.1, -0.05) is 18.2 Å². The average molecular weight is 334 g/mol. The van der Waals surface area contributed by atoms with Gasteiger partial charge in [0.25, 0.3) is 11.6 Å². The number of carbonyl (C=O) groups is 1. The van der Waals surface area contributed by atoms with Gasteiger partial charge in [-0.3, -0.25) is 14.9 Å². The third kappa shape index (κ3) is 4.20. The Labute approximate surface area is 143 Å². The Bertz CT molecular complexity index is 876. The zero-order valence-corrected chi connectivity index (χ0v) is 13.1. The summed E-state index contributed by atoms with van der Waals surface area (Å²) in [7, 11) is 0. The van der Waals surface area contributed by atoms with Crippen molar-refractivity contribution in [2.45, 2.75) is 0 Å². The molecule has 1 amide bonds. The molecule has 124 valence electrons. The summed E-state index contributed by atoms with van der Waals surface area (Å²) in [5.74, 6) is 0.797. The third-order valence-corrected chi connectivity index (χ3v) is 3.43. The summed E-state index contributed by atoms with van der Waals surface area (Å²) < 4.78 is 5.61. The van der Waals surface area contributed by atoms with Gasteiger partial charge >= 0.3 is 0 Å². The molecule has 0 unspecified atom stereocenters. The first-order valence-corrected chi connectivity index (χ1v) is 7.50. The number of anilines is 1. The fourth-order valence-electron chi connectivity index (χ4n) is 2.17. The van der Waals surface area contributed by atoms with Crippen molar-refractivity contribution in [2.75, 3.05) is 5.32 Å². The molecule has 0 atom stereocenters. The van der Waals surface area contributed by atoms with Gasteiger partial charge < -0.3 is 10.1 Å². The number of nitrogens with one attached hydrogen (secondary N) is 1. The quantitative estimate of drug-likeness (QED) is 0.544. The summed E-state index contributed by atoms with van der Waals surface area (Å²) in [4.78, 5) is 22.3. The number of ether oxygens (including phenoxy) is 1. The molecule has 25 heavy (non-hydrogen) atoms. The zero-order valence-electron chi connectivity index (χ0n) is 13.1. The number of rotatable bonds is 5. The largest absolute Gasteiger partial charge is 0.457 e. The van der Waals surface area contributed by atoms with E-state index in [0.717, 1.165) is 5.69 Å². The predicted molar refractivity (Wildman–Crippen MR) is 94.0 cm³/mol. The number of hydrogen-bond donors (Lipinski definition) is 1. The van der Waals surface area contributed by atoms with Gasteiger partial charge in [-0.25, -0.2) is 0 Å². The van der Waals surface area contributed by atoms with Crippen LogP contribution in [0.25, 0.3) is 0 Å². The van der Waals surface area contributed by atoms with Gasteiger partial charge in [-0.2, -0.15) is 0 Å². The Hall–Kier alpha value is -3.67. The molecule has 0 spiro atoms. The van der Waals surface area contributed by atoms with E-state index in [-0.39, 0.29) is 11.6 Å². The van der Waals surface area contributed by atoms with E-state index >= 15 is 0 Å². The predicted octanol–water partition coefficient (Wildman–Crippen LogP) is 4.64. The molecule has 0 saturated heterocycles. The Morgan fingerprint density at radius 3 is 1.96 bits per heavy atom. The van der Waals surface area contributed by atoms with E-state index in [1.807, 2.05) is 30.3 Å². The molecule has 0 radical (unpaired) electrons. The number of carbonyl (C=O) groups excluding carboxylic acids is 1. The van der Waals surface area contributed by atoms with Crippen LogP contribution in [0, 0.1) is 10.1 Å². The van der Waals surface area contributed by atoms with Gasteiger partial charge in [-0.15, -0.1) is 0 Å². The van der Waals surface area contributed by atoms with Gasteiger partial charge in [0.2, 0.25) is 0 Å². The lowest BCUT2D eigenvalue weighted by molar-refractivity contribution is -0.384. The molecule has 3 aromatic rings. The van der Waals surface area contributed by atoms with Crippen molar-refractivity contribution in [1.29, 1.82) is 0 Å². The number of nitro benzene ring substituents is 1. The summed E-state index contributed by atoms with van der Waals surface area (Å²) in [5, 5.41) is 13.4. The smallest absolute Gasteiger partial charge is 0.269 e. The second kappa shape index (κ2) is 7.27. The molecule has 3 aromatic carbocycles. The van der Waals surface area contributed by atoms with Crippen LogP contribution in [0.15, 0.2) is 78.9 Å². The highest BCUT2D eigenvalue weighted by molar-refractivity contribution is 6.04. The van der Waals surface area contributed by atoms with Crippen LogP contribution < -0.4 is 10.1 Å². The van der Waals surface area contributed by atoms with Crippen molar-refractivity contribution in [2.24, 2.45) is 0 Å². The highest BCUT2D eigenvalue weighted by Crippen LogP contribution is 2.24. The lowest BCUT2D eigenvalue weighted by Gasteiger charge is -2.07. The Morgan fingerprint density at radius 1 is 0.840 bits per heavy atom. The van der Waals surface area contributed by atoms with Crippen molar-refractivity contribution >= 4 is 17.3 Å². The molecule has 6 nitrogen and oxygen atoms in total. The first kappa shape index (κ1) is 16.2. The van der Waals surface area contributed by atoms with Crippen LogP contribution in [0.4, 0.5) is 11.4 Å². The molecule has 0 aliphatic carbocycles. The highest BCUT2D eigenvalue weighted by atomic mass is 16.6. The fraction of sp³-hybridized carbons (Fsp3) is 0. The second-order valence-electron chi connectivity index (χ2n) is 5.20.